The van der Waals surface area contributed by atoms with Gasteiger partial charge in [-0.3, -0.25) is 0 Å². The van der Waals surface area contributed by atoms with Gasteiger partial charge in [0.2, 0.25) is 0 Å². The van der Waals surface area contributed by atoms with Crippen molar-refractivity contribution >= 4 is 28.6 Å². The van der Waals surface area contributed by atoms with Crippen molar-refractivity contribution in [2.75, 3.05) is 5.32 Å². The molecular formula is C18H12ClFN2S. The van der Waals surface area contributed by atoms with Crippen molar-refractivity contribution < 1.29 is 4.39 Å². The van der Waals surface area contributed by atoms with Crippen molar-refractivity contribution in [3.8, 4) is 17.2 Å². The first-order chi connectivity index (χ1) is 11.2. The summed E-state index contributed by atoms with van der Waals surface area (Å²) in [4.78, 5) is 0.895. The normalized spacial score (nSPS) is 11.7. The summed E-state index contributed by atoms with van der Waals surface area (Å²) in [6, 6.07) is 18.0. The fourth-order valence-electron chi connectivity index (χ4n) is 2.21. The highest BCUT2D eigenvalue weighted by molar-refractivity contribution is 7.10. The molecule has 0 amide bonds. The summed E-state index contributed by atoms with van der Waals surface area (Å²) in [6.07, 6.45) is 0. The lowest BCUT2D eigenvalue weighted by Crippen LogP contribution is -2.06. The molecule has 1 unspecified atom stereocenters. The minimum atomic E-state index is -0.515. The van der Waals surface area contributed by atoms with Gasteiger partial charge in [0.15, 0.2) is 0 Å². The maximum atomic E-state index is 13.2. The molecule has 3 aromatic rings. The Kier molecular flexibility index (Phi) is 4.61. The summed E-state index contributed by atoms with van der Waals surface area (Å²) < 4.78 is 13.2. The molecule has 114 valence electrons. The summed E-state index contributed by atoms with van der Waals surface area (Å²) in [5, 5.41) is 14.6. The zero-order valence-corrected chi connectivity index (χ0v) is 13.5. The number of nitrogens with one attached hydrogen (secondary N) is 1. The zero-order chi connectivity index (χ0) is 16.2. The molecule has 2 nitrogen and oxygen atoms in total. The van der Waals surface area contributed by atoms with E-state index in [4.69, 9.17) is 11.6 Å². The molecule has 5 heteroatoms. The van der Waals surface area contributed by atoms with Gasteiger partial charge < -0.3 is 5.32 Å². The number of halogens is 2. The number of benzene rings is 2. The first kappa shape index (κ1) is 15.5. The fraction of sp³-hybridized carbons (Fsp3) is 0.0556. The van der Waals surface area contributed by atoms with Crippen LogP contribution in [0.3, 0.4) is 0 Å². The van der Waals surface area contributed by atoms with E-state index in [0.717, 1.165) is 16.0 Å². The Morgan fingerprint density at radius 2 is 1.87 bits per heavy atom. The van der Waals surface area contributed by atoms with Crippen LogP contribution in [0.2, 0.25) is 5.02 Å². The van der Waals surface area contributed by atoms with E-state index in [2.05, 4.69) is 11.4 Å². The topological polar surface area (TPSA) is 35.8 Å². The Morgan fingerprint density at radius 3 is 2.57 bits per heavy atom. The molecule has 0 bridgehead atoms. The minimum Gasteiger partial charge on any atom is -0.365 e. The molecule has 0 spiro atoms. The lowest BCUT2D eigenvalue weighted by atomic mass is 10.1. The Labute approximate surface area is 142 Å². The van der Waals surface area contributed by atoms with E-state index in [0.29, 0.717) is 5.69 Å². The van der Waals surface area contributed by atoms with Gasteiger partial charge in [-0.25, -0.2) is 4.39 Å². The summed E-state index contributed by atoms with van der Waals surface area (Å²) in [5.41, 5.74) is 2.79. The highest BCUT2D eigenvalue weighted by Crippen LogP contribution is 2.31. The van der Waals surface area contributed by atoms with Crippen LogP contribution in [0.1, 0.15) is 10.9 Å². The summed E-state index contributed by atoms with van der Waals surface area (Å²) >= 11 is 7.29. The first-order valence-corrected chi connectivity index (χ1v) is 8.18. The standard InChI is InChI=1S/C18H12ClFN2S/c19-15-9-14(6-7-16(15)20)22-17(10-21)18-8-13(11-23-18)12-4-2-1-3-5-12/h1-9,11,17,22H. The molecule has 3 rings (SSSR count). The Morgan fingerprint density at radius 1 is 1.09 bits per heavy atom. The minimum absolute atomic E-state index is 0.0304. The van der Waals surface area contributed by atoms with Crippen LogP contribution in [-0.2, 0) is 0 Å². The lowest BCUT2D eigenvalue weighted by Gasteiger charge is -2.11. The molecule has 1 heterocycles. The Balaban J connectivity index is 1.83. The molecule has 23 heavy (non-hydrogen) atoms. The number of hydrogen-bond donors (Lipinski definition) is 1. The number of hydrogen-bond acceptors (Lipinski definition) is 3. The van der Waals surface area contributed by atoms with Crippen molar-refractivity contribution in [3.05, 3.63) is 75.7 Å². The highest BCUT2D eigenvalue weighted by Gasteiger charge is 2.14. The maximum Gasteiger partial charge on any atom is 0.149 e. The van der Waals surface area contributed by atoms with Crippen LogP contribution in [0.25, 0.3) is 11.1 Å². The van der Waals surface area contributed by atoms with Gasteiger partial charge in [0, 0.05) is 10.6 Å². The SMILES string of the molecule is N#CC(Nc1ccc(F)c(Cl)c1)c1cc(-c2ccccc2)cs1. The smallest absolute Gasteiger partial charge is 0.149 e. The third-order valence-electron chi connectivity index (χ3n) is 3.37. The molecule has 0 aliphatic heterocycles. The van der Waals surface area contributed by atoms with Crippen LogP contribution in [0.15, 0.2) is 60.0 Å². The van der Waals surface area contributed by atoms with Gasteiger partial charge in [-0.2, -0.15) is 5.26 Å². The van der Waals surface area contributed by atoms with Crippen molar-refractivity contribution in [2.45, 2.75) is 6.04 Å². The molecule has 0 radical (unpaired) electrons. The summed E-state index contributed by atoms with van der Waals surface area (Å²) in [6.45, 7) is 0. The molecule has 0 aliphatic rings. The van der Waals surface area contributed by atoms with Crippen LogP contribution in [0, 0.1) is 17.1 Å². The molecule has 1 aromatic heterocycles. The van der Waals surface area contributed by atoms with Crippen LogP contribution >= 0.6 is 22.9 Å². The van der Waals surface area contributed by atoms with Gasteiger partial charge in [0.05, 0.1) is 11.1 Å². The van der Waals surface area contributed by atoms with Crippen LogP contribution in [-0.4, -0.2) is 0 Å². The van der Waals surface area contributed by atoms with E-state index >= 15 is 0 Å². The summed E-state index contributed by atoms with van der Waals surface area (Å²) in [7, 11) is 0. The van der Waals surface area contributed by atoms with E-state index < -0.39 is 11.9 Å². The number of anilines is 1. The molecule has 2 aromatic carbocycles. The molecule has 0 fully saturated rings. The second-order valence-electron chi connectivity index (χ2n) is 4.94. The van der Waals surface area contributed by atoms with E-state index in [9.17, 15) is 9.65 Å². The molecule has 1 N–H and O–H groups in total. The predicted molar refractivity (Wildman–Crippen MR) is 93.1 cm³/mol. The molecular weight excluding hydrogens is 331 g/mol. The van der Waals surface area contributed by atoms with Gasteiger partial charge in [-0.05, 0) is 40.8 Å². The second kappa shape index (κ2) is 6.82. The summed E-state index contributed by atoms with van der Waals surface area (Å²) in [5.74, 6) is -0.479. The quantitative estimate of drug-likeness (QED) is 0.642. The zero-order valence-electron chi connectivity index (χ0n) is 12.0. The van der Waals surface area contributed by atoms with Crippen molar-refractivity contribution in [3.63, 3.8) is 0 Å². The van der Waals surface area contributed by atoms with E-state index in [1.54, 1.807) is 6.07 Å². The van der Waals surface area contributed by atoms with Crippen molar-refractivity contribution in [1.82, 2.24) is 0 Å². The Bertz CT molecular complexity index is 855. The highest BCUT2D eigenvalue weighted by atomic mass is 35.5. The van der Waals surface area contributed by atoms with Gasteiger partial charge in [0.1, 0.15) is 11.9 Å². The molecule has 0 aliphatic carbocycles. The Hall–Kier alpha value is -2.35. The molecule has 0 saturated heterocycles. The van der Waals surface area contributed by atoms with Gasteiger partial charge in [0.25, 0.3) is 0 Å². The van der Waals surface area contributed by atoms with Crippen LogP contribution < -0.4 is 5.32 Å². The van der Waals surface area contributed by atoms with Gasteiger partial charge in [-0.1, -0.05) is 41.9 Å². The largest absolute Gasteiger partial charge is 0.365 e. The lowest BCUT2D eigenvalue weighted by molar-refractivity contribution is 0.628. The first-order valence-electron chi connectivity index (χ1n) is 6.92. The number of nitrogens with zero attached hydrogens (tertiary/aromatic N) is 1. The third-order valence-corrected chi connectivity index (χ3v) is 4.66. The predicted octanol–water partition coefficient (Wildman–Crippen LogP) is 5.88. The number of rotatable bonds is 4. The third kappa shape index (κ3) is 3.53. The van der Waals surface area contributed by atoms with Crippen molar-refractivity contribution in [2.24, 2.45) is 0 Å². The van der Waals surface area contributed by atoms with Gasteiger partial charge >= 0.3 is 0 Å². The monoisotopic (exact) mass is 342 g/mol. The van der Waals surface area contributed by atoms with E-state index in [-0.39, 0.29) is 5.02 Å². The fourth-order valence-corrected chi connectivity index (χ4v) is 3.30. The number of thiophene rings is 1. The second-order valence-corrected chi connectivity index (χ2v) is 6.29. The van der Waals surface area contributed by atoms with Crippen LogP contribution in [0.4, 0.5) is 10.1 Å². The van der Waals surface area contributed by atoms with E-state index in [1.807, 2.05) is 41.8 Å². The average Bonchev–Trinajstić information content (AvgIpc) is 3.06. The van der Waals surface area contributed by atoms with Crippen LogP contribution in [0.5, 0.6) is 0 Å². The average molecular weight is 343 g/mol. The molecule has 0 saturated carbocycles. The number of nitriles is 1. The van der Waals surface area contributed by atoms with E-state index in [1.165, 1.54) is 23.5 Å². The maximum absolute atomic E-state index is 13.2. The van der Waals surface area contributed by atoms with Crippen molar-refractivity contribution in [1.29, 1.82) is 5.26 Å². The molecule has 1 atom stereocenters. The van der Waals surface area contributed by atoms with Gasteiger partial charge in [-0.15, -0.1) is 11.3 Å².